The Kier molecular flexibility index (Phi) is 3.52. The van der Waals surface area contributed by atoms with Crippen molar-refractivity contribution in [2.24, 2.45) is 5.92 Å². The van der Waals surface area contributed by atoms with Crippen molar-refractivity contribution in [2.45, 2.75) is 37.9 Å². The lowest BCUT2D eigenvalue weighted by molar-refractivity contribution is -0.126. The van der Waals surface area contributed by atoms with E-state index in [1.54, 1.807) is 0 Å². The van der Waals surface area contributed by atoms with Crippen molar-refractivity contribution < 1.29 is 14.6 Å². The first-order valence-electron chi connectivity index (χ1n) is 7.27. The molecule has 1 aliphatic heterocycles. The molecule has 0 saturated carbocycles. The van der Waals surface area contributed by atoms with Gasteiger partial charge in [-0.2, -0.15) is 0 Å². The largest absolute Gasteiger partial charge is 0.385 e. The van der Waals surface area contributed by atoms with Crippen molar-refractivity contribution in [3.05, 3.63) is 35.4 Å². The van der Waals surface area contributed by atoms with Crippen LogP contribution in [0, 0.1) is 5.92 Å². The number of rotatable bonds is 3. The summed E-state index contributed by atoms with van der Waals surface area (Å²) in [5, 5.41) is 13.3. The molecule has 20 heavy (non-hydrogen) atoms. The van der Waals surface area contributed by atoms with E-state index in [-0.39, 0.29) is 24.5 Å². The number of ether oxygens (including phenoxy) is 1. The predicted molar refractivity (Wildman–Crippen MR) is 75.3 cm³/mol. The minimum absolute atomic E-state index is 0.00590. The molecule has 1 heterocycles. The van der Waals surface area contributed by atoms with Crippen molar-refractivity contribution in [2.75, 3.05) is 13.2 Å². The number of amides is 1. The second kappa shape index (κ2) is 5.19. The Morgan fingerprint density at radius 2 is 2.05 bits per heavy atom. The van der Waals surface area contributed by atoms with Gasteiger partial charge in [-0.25, -0.2) is 0 Å². The first-order valence-corrected chi connectivity index (χ1v) is 7.27. The zero-order valence-corrected chi connectivity index (χ0v) is 11.8. The second-order valence-corrected chi connectivity index (χ2v) is 5.96. The highest BCUT2D eigenvalue weighted by Gasteiger charge is 2.40. The van der Waals surface area contributed by atoms with E-state index in [2.05, 4.69) is 17.4 Å². The maximum absolute atomic E-state index is 12.3. The van der Waals surface area contributed by atoms with E-state index < -0.39 is 5.60 Å². The third-order valence-corrected chi connectivity index (χ3v) is 4.65. The van der Waals surface area contributed by atoms with Gasteiger partial charge in [-0.3, -0.25) is 4.79 Å². The molecule has 2 aliphatic rings. The summed E-state index contributed by atoms with van der Waals surface area (Å²) < 4.78 is 5.38. The molecule has 3 rings (SSSR count). The molecule has 1 amide bonds. The summed E-state index contributed by atoms with van der Waals surface area (Å²) in [5.74, 6) is 0.0300. The molecule has 0 bridgehead atoms. The molecule has 1 saturated heterocycles. The summed E-state index contributed by atoms with van der Waals surface area (Å²) >= 11 is 0. The third kappa shape index (κ3) is 2.45. The fourth-order valence-corrected chi connectivity index (χ4v) is 3.13. The van der Waals surface area contributed by atoms with Gasteiger partial charge in [-0.15, -0.1) is 0 Å². The summed E-state index contributed by atoms with van der Waals surface area (Å²) in [5.41, 5.74) is 1.62. The van der Waals surface area contributed by atoms with Crippen LogP contribution in [0.15, 0.2) is 24.3 Å². The highest BCUT2D eigenvalue weighted by atomic mass is 16.5. The van der Waals surface area contributed by atoms with Gasteiger partial charge in [0.15, 0.2) is 0 Å². The molecule has 1 aromatic rings. The van der Waals surface area contributed by atoms with Gasteiger partial charge in [0.05, 0.1) is 6.10 Å². The highest BCUT2D eigenvalue weighted by molar-refractivity contribution is 5.80. The van der Waals surface area contributed by atoms with Gasteiger partial charge in [0.1, 0.15) is 5.60 Å². The van der Waals surface area contributed by atoms with E-state index in [1.165, 1.54) is 11.1 Å². The van der Waals surface area contributed by atoms with Crippen LogP contribution in [0.3, 0.4) is 0 Å². The molecule has 0 radical (unpaired) electrons. The summed E-state index contributed by atoms with van der Waals surface area (Å²) in [6.45, 7) is 2.69. The summed E-state index contributed by atoms with van der Waals surface area (Å²) in [7, 11) is 0. The lowest BCUT2D eigenvalue weighted by Crippen LogP contribution is -2.48. The Hall–Kier alpha value is -1.39. The van der Waals surface area contributed by atoms with Crippen LogP contribution in [-0.2, 0) is 22.4 Å². The fraction of sp³-hybridized carbons (Fsp3) is 0.562. The average molecular weight is 275 g/mol. The molecule has 2 N–H and O–H groups in total. The molecular formula is C16H21NO3. The number of hydrogen-bond acceptors (Lipinski definition) is 3. The first-order chi connectivity index (χ1) is 9.58. The van der Waals surface area contributed by atoms with Gasteiger partial charge in [0, 0.05) is 25.5 Å². The molecule has 0 spiro atoms. The van der Waals surface area contributed by atoms with Crippen molar-refractivity contribution in [1.29, 1.82) is 0 Å². The van der Waals surface area contributed by atoms with E-state index in [1.807, 2.05) is 19.1 Å². The van der Waals surface area contributed by atoms with Crippen molar-refractivity contribution in [3.8, 4) is 0 Å². The quantitative estimate of drug-likeness (QED) is 0.867. The van der Waals surface area contributed by atoms with Crippen LogP contribution in [0.2, 0.25) is 0 Å². The van der Waals surface area contributed by atoms with Crippen LogP contribution in [0.1, 0.15) is 24.5 Å². The molecule has 4 nitrogen and oxygen atoms in total. The maximum atomic E-state index is 12.3. The Labute approximate surface area is 119 Å². The van der Waals surface area contributed by atoms with Crippen molar-refractivity contribution in [1.82, 2.24) is 5.32 Å². The summed E-state index contributed by atoms with van der Waals surface area (Å²) in [6, 6.07) is 8.20. The smallest absolute Gasteiger partial charge is 0.223 e. The van der Waals surface area contributed by atoms with Gasteiger partial charge >= 0.3 is 0 Å². The summed E-state index contributed by atoms with van der Waals surface area (Å²) in [4.78, 5) is 12.3. The molecule has 1 fully saturated rings. The van der Waals surface area contributed by atoms with E-state index in [0.29, 0.717) is 13.0 Å². The van der Waals surface area contributed by atoms with Crippen LogP contribution < -0.4 is 5.32 Å². The summed E-state index contributed by atoms with van der Waals surface area (Å²) in [6.07, 6.45) is 1.96. The Balaban J connectivity index is 1.56. The third-order valence-electron chi connectivity index (χ3n) is 4.65. The number of carbonyl (C=O) groups is 1. The first kappa shape index (κ1) is 13.6. The number of carbonyl (C=O) groups excluding carboxylic acids is 1. The second-order valence-electron chi connectivity index (χ2n) is 5.96. The van der Waals surface area contributed by atoms with Crippen molar-refractivity contribution >= 4 is 5.91 Å². The lowest BCUT2D eigenvalue weighted by Gasteiger charge is -2.26. The van der Waals surface area contributed by atoms with Gasteiger partial charge in [0.25, 0.3) is 0 Å². The average Bonchev–Trinajstić information content (AvgIpc) is 3.01. The van der Waals surface area contributed by atoms with Gasteiger partial charge in [0.2, 0.25) is 5.91 Å². The standard InChI is InChI=1S/C16H21NO3/c1-11-16(19,6-7-20-11)10-17-15(18)14-8-12-4-2-3-5-13(12)9-14/h2-5,11,14,19H,6-10H2,1H3,(H,17,18). The fourth-order valence-electron chi connectivity index (χ4n) is 3.13. The van der Waals surface area contributed by atoms with Crippen LogP contribution in [0.25, 0.3) is 0 Å². The van der Waals surface area contributed by atoms with Crippen molar-refractivity contribution in [3.63, 3.8) is 0 Å². The Morgan fingerprint density at radius 3 is 2.60 bits per heavy atom. The Morgan fingerprint density at radius 1 is 1.40 bits per heavy atom. The van der Waals surface area contributed by atoms with Crippen LogP contribution in [-0.4, -0.2) is 35.9 Å². The number of aliphatic hydroxyl groups is 1. The number of nitrogens with one attached hydrogen (secondary N) is 1. The zero-order chi connectivity index (χ0) is 14.2. The van der Waals surface area contributed by atoms with Gasteiger partial charge in [-0.1, -0.05) is 24.3 Å². The SMILES string of the molecule is CC1OCCC1(O)CNC(=O)C1Cc2ccccc2C1. The van der Waals surface area contributed by atoms with Gasteiger partial charge < -0.3 is 15.2 Å². The normalized spacial score (nSPS) is 29.4. The molecule has 0 aromatic heterocycles. The molecule has 108 valence electrons. The molecule has 2 atom stereocenters. The molecule has 4 heteroatoms. The van der Waals surface area contributed by atoms with E-state index in [4.69, 9.17) is 4.74 Å². The topological polar surface area (TPSA) is 58.6 Å². The molecule has 2 unspecified atom stereocenters. The van der Waals surface area contributed by atoms with E-state index >= 15 is 0 Å². The highest BCUT2D eigenvalue weighted by Crippen LogP contribution is 2.28. The van der Waals surface area contributed by atoms with E-state index in [0.717, 1.165) is 12.8 Å². The maximum Gasteiger partial charge on any atom is 0.223 e. The Bertz CT molecular complexity index is 491. The van der Waals surface area contributed by atoms with Gasteiger partial charge in [-0.05, 0) is 30.9 Å². The minimum Gasteiger partial charge on any atom is -0.385 e. The monoisotopic (exact) mass is 275 g/mol. The molecule has 1 aromatic carbocycles. The van der Waals surface area contributed by atoms with Crippen LogP contribution >= 0.6 is 0 Å². The number of fused-ring (bicyclic) bond motifs is 1. The molecular weight excluding hydrogens is 254 g/mol. The molecule has 1 aliphatic carbocycles. The number of benzene rings is 1. The zero-order valence-electron chi connectivity index (χ0n) is 11.8. The van der Waals surface area contributed by atoms with Crippen LogP contribution in [0.5, 0.6) is 0 Å². The van der Waals surface area contributed by atoms with E-state index in [9.17, 15) is 9.90 Å². The predicted octanol–water partition coefficient (Wildman–Crippen LogP) is 1.06. The number of hydrogen-bond donors (Lipinski definition) is 2. The van der Waals surface area contributed by atoms with Crippen LogP contribution in [0.4, 0.5) is 0 Å². The minimum atomic E-state index is -0.916. The lowest BCUT2D eigenvalue weighted by atomic mass is 9.96.